The SMILES string of the molecule is C[C@H]1CN(C(=O)C(C)(C)C(F)F)[C@@H]2c3cncc(Cl)c3C21. The van der Waals surface area contributed by atoms with Crippen molar-refractivity contribution < 1.29 is 13.6 Å². The maximum atomic E-state index is 13.1. The number of alkyl halides is 2. The van der Waals surface area contributed by atoms with E-state index in [1.165, 1.54) is 13.8 Å². The summed E-state index contributed by atoms with van der Waals surface area (Å²) < 4.78 is 26.3. The lowest BCUT2D eigenvalue weighted by Crippen LogP contribution is -2.46. The summed E-state index contributed by atoms with van der Waals surface area (Å²) in [7, 11) is 0. The largest absolute Gasteiger partial charge is 0.334 e. The van der Waals surface area contributed by atoms with Crippen LogP contribution >= 0.6 is 11.6 Å². The van der Waals surface area contributed by atoms with Crippen LogP contribution in [-0.2, 0) is 4.79 Å². The van der Waals surface area contributed by atoms with Gasteiger partial charge in [0.05, 0.1) is 11.1 Å². The molecular formula is C15H17ClF2N2O. The van der Waals surface area contributed by atoms with Gasteiger partial charge in [-0.2, -0.15) is 0 Å². The van der Waals surface area contributed by atoms with Crippen LogP contribution in [0.5, 0.6) is 0 Å². The van der Waals surface area contributed by atoms with Crippen molar-refractivity contribution in [3.63, 3.8) is 0 Å². The summed E-state index contributed by atoms with van der Waals surface area (Å²) >= 11 is 6.18. The summed E-state index contributed by atoms with van der Waals surface area (Å²) in [6.45, 7) is 5.11. The Morgan fingerprint density at radius 1 is 1.48 bits per heavy atom. The van der Waals surface area contributed by atoms with Gasteiger partial charge >= 0.3 is 0 Å². The summed E-state index contributed by atoms with van der Waals surface area (Å²) in [4.78, 5) is 18.2. The van der Waals surface area contributed by atoms with Crippen LogP contribution in [0.1, 0.15) is 43.9 Å². The molecule has 114 valence electrons. The van der Waals surface area contributed by atoms with Gasteiger partial charge in [-0.1, -0.05) is 18.5 Å². The summed E-state index contributed by atoms with van der Waals surface area (Å²) in [5, 5.41) is 0.600. The van der Waals surface area contributed by atoms with Crippen molar-refractivity contribution in [3.8, 4) is 0 Å². The maximum absolute atomic E-state index is 13.1. The smallest absolute Gasteiger partial charge is 0.252 e. The molecule has 3 atom stereocenters. The number of hydrogen-bond acceptors (Lipinski definition) is 2. The van der Waals surface area contributed by atoms with E-state index in [-0.39, 0.29) is 17.9 Å². The lowest BCUT2D eigenvalue weighted by Gasteiger charge is -2.41. The number of carbonyl (C=O) groups excluding carboxylic acids is 1. The van der Waals surface area contributed by atoms with Crippen LogP contribution in [-0.4, -0.2) is 28.8 Å². The van der Waals surface area contributed by atoms with Crippen molar-refractivity contribution in [2.24, 2.45) is 11.3 Å². The van der Waals surface area contributed by atoms with Crippen molar-refractivity contribution in [1.82, 2.24) is 9.88 Å². The minimum atomic E-state index is -2.68. The standard InChI is InChI=1S/C15H17ClF2N2O/c1-7-6-20(14(21)15(2,3)13(17)18)12-8-4-19-5-9(16)11(8)10(7)12/h4-5,7,10,12-13H,6H2,1-3H3/t7-,10?,12+/m0/s1. The van der Waals surface area contributed by atoms with E-state index in [1.54, 1.807) is 17.3 Å². The average molecular weight is 315 g/mol. The average Bonchev–Trinajstić information content (AvgIpc) is 2.66. The Kier molecular flexibility index (Phi) is 3.24. The Morgan fingerprint density at radius 2 is 2.14 bits per heavy atom. The molecule has 3 rings (SSSR count). The first-order valence-electron chi connectivity index (χ1n) is 6.99. The molecule has 0 radical (unpaired) electrons. The van der Waals surface area contributed by atoms with E-state index in [0.717, 1.165) is 11.1 Å². The highest BCUT2D eigenvalue weighted by Gasteiger charge is 2.55. The van der Waals surface area contributed by atoms with E-state index in [9.17, 15) is 13.6 Å². The molecule has 1 saturated heterocycles. The summed E-state index contributed by atoms with van der Waals surface area (Å²) in [6, 6.07) is -0.160. The van der Waals surface area contributed by atoms with Gasteiger partial charge in [-0.15, -0.1) is 0 Å². The molecule has 6 heteroatoms. The van der Waals surface area contributed by atoms with Gasteiger partial charge in [0.2, 0.25) is 5.91 Å². The highest BCUT2D eigenvalue weighted by molar-refractivity contribution is 6.31. The van der Waals surface area contributed by atoms with Gasteiger partial charge in [0.1, 0.15) is 5.41 Å². The van der Waals surface area contributed by atoms with Gasteiger partial charge in [0, 0.05) is 24.9 Å². The van der Waals surface area contributed by atoms with Gasteiger partial charge in [-0.3, -0.25) is 9.78 Å². The molecule has 0 N–H and O–H groups in total. The normalized spacial score (nSPS) is 27.4. The zero-order chi connectivity index (χ0) is 15.5. The molecule has 2 heterocycles. The predicted molar refractivity (Wildman–Crippen MR) is 75.4 cm³/mol. The number of rotatable bonds is 2. The van der Waals surface area contributed by atoms with Gasteiger partial charge in [0.25, 0.3) is 6.43 Å². The van der Waals surface area contributed by atoms with Crippen molar-refractivity contribution in [3.05, 3.63) is 28.5 Å². The molecule has 1 aliphatic heterocycles. The maximum Gasteiger partial charge on any atom is 0.252 e. The van der Waals surface area contributed by atoms with Crippen molar-refractivity contribution in [1.29, 1.82) is 0 Å². The second-order valence-electron chi connectivity index (χ2n) is 6.55. The first-order valence-corrected chi connectivity index (χ1v) is 7.37. The summed E-state index contributed by atoms with van der Waals surface area (Å²) in [6.07, 6.45) is 0.601. The minimum Gasteiger partial charge on any atom is -0.334 e. The van der Waals surface area contributed by atoms with Crippen LogP contribution in [0.4, 0.5) is 8.78 Å². The van der Waals surface area contributed by atoms with Crippen LogP contribution < -0.4 is 0 Å². The molecular weight excluding hydrogens is 298 g/mol. The molecule has 2 aliphatic rings. The van der Waals surface area contributed by atoms with Crippen LogP contribution in [0.15, 0.2) is 12.4 Å². The quantitative estimate of drug-likeness (QED) is 0.835. The Hall–Kier alpha value is -1.23. The number of hydrogen-bond donors (Lipinski definition) is 0. The molecule has 0 aromatic carbocycles. The monoisotopic (exact) mass is 314 g/mol. The van der Waals surface area contributed by atoms with E-state index in [0.29, 0.717) is 11.6 Å². The molecule has 1 aromatic rings. The molecule has 21 heavy (non-hydrogen) atoms. The van der Waals surface area contributed by atoms with E-state index in [4.69, 9.17) is 11.6 Å². The number of nitrogens with zero attached hydrogens (tertiary/aromatic N) is 2. The molecule has 1 amide bonds. The summed E-state index contributed by atoms with van der Waals surface area (Å²) in [5.41, 5.74) is 0.251. The van der Waals surface area contributed by atoms with Crippen LogP contribution in [0, 0.1) is 11.3 Å². The van der Waals surface area contributed by atoms with Gasteiger partial charge < -0.3 is 4.90 Å². The third kappa shape index (κ3) is 1.90. The van der Waals surface area contributed by atoms with Crippen LogP contribution in [0.25, 0.3) is 0 Å². The zero-order valence-corrected chi connectivity index (χ0v) is 12.9. The number of pyridine rings is 1. The molecule has 0 spiro atoms. The number of aromatic nitrogens is 1. The second-order valence-corrected chi connectivity index (χ2v) is 6.96. The molecule has 1 unspecified atom stereocenters. The summed E-state index contributed by atoms with van der Waals surface area (Å²) in [5.74, 6) is -0.157. The van der Waals surface area contributed by atoms with Gasteiger partial charge in [-0.05, 0) is 30.9 Å². The predicted octanol–water partition coefficient (Wildman–Crippen LogP) is 3.64. The van der Waals surface area contributed by atoms with E-state index >= 15 is 0 Å². The van der Waals surface area contributed by atoms with Crippen molar-refractivity contribution in [2.75, 3.05) is 6.54 Å². The van der Waals surface area contributed by atoms with Crippen LogP contribution in [0.3, 0.4) is 0 Å². The third-order valence-corrected chi connectivity index (χ3v) is 5.05. The number of halogens is 3. The van der Waals surface area contributed by atoms with Crippen molar-refractivity contribution in [2.45, 2.75) is 39.2 Å². The molecule has 3 nitrogen and oxygen atoms in total. The highest BCUT2D eigenvalue weighted by Crippen LogP contribution is 2.59. The zero-order valence-electron chi connectivity index (χ0n) is 12.1. The first kappa shape index (κ1) is 14.7. The number of amides is 1. The van der Waals surface area contributed by atoms with Crippen LogP contribution in [0.2, 0.25) is 5.02 Å². The Balaban J connectivity index is 1.96. The van der Waals surface area contributed by atoms with E-state index < -0.39 is 17.7 Å². The van der Waals surface area contributed by atoms with Crippen molar-refractivity contribution >= 4 is 17.5 Å². The van der Waals surface area contributed by atoms with E-state index in [2.05, 4.69) is 4.98 Å². The lowest BCUT2D eigenvalue weighted by atomic mass is 9.70. The third-order valence-electron chi connectivity index (χ3n) is 4.75. The Labute approximate surface area is 127 Å². The molecule has 0 bridgehead atoms. The van der Waals surface area contributed by atoms with Gasteiger partial charge in [0.15, 0.2) is 0 Å². The Morgan fingerprint density at radius 3 is 2.76 bits per heavy atom. The number of carbonyl (C=O) groups is 1. The van der Waals surface area contributed by atoms with E-state index in [1.807, 2.05) is 6.92 Å². The first-order chi connectivity index (χ1) is 9.76. The lowest BCUT2D eigenvalue weighted by molar-refractivity contribution is -0.150. The fourth-order valence-corrected chi connectivity index (χ4v) is 3.76. The number of likely N-dealkylation sites (tertiary alicyclic amines) is 1. The topological polar surface area (TPSA) is 33.2 Å². The van der Waals surface area contributed by atoms with Gasteiger partial charge in [-0.25, -0.2) is 8.78 Å². The molecule has 1 aromatic heterocycles. The molecule has 0 saturated carbocycles. The number of fused-ring (bicyclic) bond motifs is 4. The Bertz CT molecular complexity index is 605. The fourth-order valence-electron chi connectivity index (χ4n) is 3.47. The molecule has 1 aliphatic carbocycles. The highest BCUT2D eigenvalue weighted by atomic mass is 35.5. The minimum absolute atomic E-state index is 0.132. The second kappa shape index (κ2) is 4.63. The fraction of sp³-hybridized carbons (Fsp3) is 0.600. The molecule has 1 fully saturated rings.